The Labute approximate surface area is 275 Å². The highest BCUT2D eigenvalue weighted by Gasteiger charge is 2.52. The molecular weight excluding hydrogens is 616 g/mol. The second-order valence-corrected chi connectivity index (χ2v) is 12.1. The smallest absolute Gasteiger partial charge is 0.333 e. The Kier molecular flexibility index (Phi) is 9.49. The molecule has 0 aliphatic carbocycles. The van der Waals surface area contributed by atoms with Crippen LogP contribution in [0.2, 0.25) is 0 Å². The molecule has 11 nitrogen and oxygen atoms in total. The first-order valence-corrected chi connectivity index (χ1v) is 16.2. The standard InChI is InChI=1S/C35H34N6O5S/c1-2-19-39(35(44)36-21-26-9-4-3-5-10-26)40-24-33(42)41-31(20-25-15-17-29(18-16-25)37-47(45)46)34(43)38(23-32(40)41)22-28-13-8-12-27-11-6-7-14-30(27)28/h1,3-18,31-32,37H,19-24H2,(H,36,44)(H,45,46)/p-1/t31-,32+/m0/s1. The van der Waals surface area contributed by atoms with Crippen LogP contribution in [0.15, 0.2) is 97.1 Å². The maximum atomic E-state index is 14.3. The summed E-state index contributed by atoms with van der Waals surface area (Å²) in [5, 5.41) is 8.02. The van der Waals surface area contributed by atoms with E-state index in [2.05, 4.69) is 16.0 Å². The van der Waals surface area contributed by atoms with E-state index in [1.165, 1.54) is 5.01 Å². The monoisotopic (exact) mass is 649 g/mol. The molecule has 12 heteroatoms. The van der Waals surface area contributed by atoms with Crippen LogP contribution in [-0.2, 0) is 40.4 Å². The van der Waals surface area contributed by atoms with E-state index in [1.54, 1.807) is 39.1 Å². The molecular formula is C35H33N6O5S-. The number of benzene rings is 4. The Morgan fingerprint density at radius 2 is 1.68 bits per heavy atom. The van der Waals surface area contributed by atoms with Crippen LogP contribution in [-0.4, -0.2) is 78.3 Å². The summed E-state index contributed by atoms with van der Waals surface area (Å²) < 4.78 is 24.5. The van der Waals surface area contributed by atoms with Gasteiger partial charge in [0.1, 0.15) is 12.2 Å². The highest BCUT2D eigenvalue weighted by Crippen LogP contribution is 2.31. The molecule has 4 amide bonds. The summed E-state index contributed by atoms with van der Waals surface area (Å²) in [6.07, 6.45) is 5.25. The van der Waals surface area contributed by atoms with Gasteiger partial charge in [0.05, 0.1) is 19.6 Å². The third-order valence-electron chi connectivity index (χ3n) is 8.46. The summed E-state index contributed by atoms with van der Waals surface area (Å²) in [5.74, 6) is 2.03. The van der Waals surface area contributed by atoms with Crippen LogP contribution in [0.25, 0.3) is 10.8 Å². The molecule has 0 saturated carbocycles. The maximum Gasteiger partial charge on any atom is 0.333 e. The molecule has 2 aliphatic heterocycles. The third-order valence-corrected chi connectivity index (χ3v) is 8.87. The average Bonchev–Trinajstić information content (AvgIpc) is 3.40. The second-order valence-electron chi connectivity index (χ2n) is 11.4. The number of anilines is 1. The van der Waals surface area contributed by atoms with Crippen LogP contribution in [0.3, 0.4) is 0 Å². The van der Waals surface area contributed by atoms with Crippen molar-refractivity contribution in [3.63, 3.8) is 0 Å². The van der Waals surface area contributed by atoms with Gasteiger partial charge in [-0.2, -0.15) is 5.01 Å². The van der Waals surface area contributed by atoms with Crippen LogP contribution in [0.4, 0.5) is 10.5 Å². The fourth-order valence-corrected chi connectivity index (χ4v) is 6.61. The zero-order valence-electron chi connectivity index (χ0n) is 25.5. The second kappa shape index (κ2) is 14.0. The lowest BCUT2D eigenvalue weighted by molar-refractivity contribution is -0.157. The first kappa shape index (κ1) is 31.7. The van der Waals surface area contributed by atoms with Gasteiger partial charge in [-0.05, 0) is 39.6 Å². The Balaban J connectivity index is 1.31. The number of hydrogen-bond acceptors (Lipinski definition) is 6. The minimum absolute atomic E-state index is 0.0737. The van der Waals surface area contributed by atoms with Gasteiger partial charge in [-0.3, -0.25) is 13.8 Å². The van der Waals surface area contributed by atoms with Crippen molar-refractivity contribution in [3.05, 3.63) is 114 Å². The van der Waals surface area contributed by atoms with Crippen molar-refractivity contribution < 1.29 is 23.1 Å². The molecule has 4 aromatic rings. The number of nitrogens with zero attached hydrogens (tertiary/aromatic N) is 4. The van der Waals surface area contributed by atoms with Gasteiger partial charge in [-0.25, -0.2) is 9.80 Å². The van der Waals surface area contributed by atoms with Crippen molar-refractivity contribution in [3.8, 4) is 12.3 Å². The minimum atomic E-state index is -2.48. The van der Waals surface area contributed by atoms with Gasteiger partial charge in [0.2, 0.25) is 11.8 Å². The van der Waals surface area contributed by atoms with Crippen molar-refractivity contribution in [1.29, 1.82) is 0 Å². The van der Waals surface area contributed by atoms with E-state index in [-0.39, 0.29) is 44.4 Å². The SMILES string of the molecule is C#CCN(C(=O)NCc1ccccc1)N1CC(=O)N2[C@@H](Cc3ccc(NS(=O)[O-])cc3)C(=O)N(Cc3cccc4ccccc34)C[C@@H]21. The largest absolute Gasteiger partial charge is 0.755 e. The van der Waals surface area contributed by atoms with Crippen molar-refractivity contribution in [2.24, 2.45) is 0 Å². The summed E-state index contributed by atoms with van der Waals surface area (Å²) in [4.78, 5) is 44.8. The lowest BCUT2D eigenvalue weighted by atomic mass is 9.99. The molecule has 0 bridgehead atoms. The van der Waals surface area contributed by atoms with Gasteiger partial charge in [-0.1, -0.05) is 90.8 Å². The number of rotatable bonds is 10. The molecule has 2 saturated heterocycles. The maximum absolute atomic E-state index is 14.3. The zero-order chi connectivity index (χ0) is 32.9. The van der Waals surface area contributed by atoms with E-state index in [0.717, 1.165) is 27.5 Å². The fourth-order valence-electron chi connectivity index (χ4n) is 6.29. The van der Waals surface area contributed by atoms with E-state index >= 15 is 0 Å². The molecule has 6 rings (SSSR count). The zero-order valence-corrected chi connectivity index (χ0v) is 26.3. The first-order chi connectivity index (χ1) is 22.8. The van der Waals surface area contributed by atoms with Crippen molar-refractivity contribution in [2.45, 2.75) is 31.7 Å². The van der Waals surface area contributed by atoms with Crippen LogP contribution in [0.1, 0.15) is 16.7 Å². The Hall–Kier alpha value is -5.22. The normalized spacial score (nSPS) is 18.5. The number of terminal acetylenes is 1. The number of amides is 4. The number of carbonyl (C=O) groups is 3. The van der Waals surface area contributed by atoms with Crippen LogP contribution in [0.5, 0.6) is 0 Å². The molecule has 2 heterocycles. The molecule has 240 valence electrons. The summed E-state index contributed by atoms with van der Waals surface area (Å²) in [6, 6.07) is 28.7. The highest BCUT2D eigenvalue weighted by atomic mass is 32.2. The summed E-state index contributed by atoms with van der Waals surface area (Å²) in [5.41, 5.74) is 2.99. The molecule has 2 N–H and O–H groups in total. The van der Waals surface area contributed by atoms with Crippen LogP contribution < -0.4 is 10.0 Å². The predicted molar refractivity (Wildman–Crippen MR) is 177 cm³/mol. The number of hydrazine groups is 1. The Morgan fingerprint density at radius 1 is 0.957 bits per heavy atom. The highest BCUT2D eigenvalue weighted by molar-refractivity contribution is 7.80. The van der Waals surface area contributed by atoms with Crippen molar-refractivity contribution in [1.82, 2.24) is 25.1 Å². The van der Waals surface area contributed by atoms with Gasteiger partial charge in [-0.15, -0.1) is 6.42 Å². The van der Waals surface area contributed by atoms with Gasteiger partial charge in [0, 0.05) is 36.5 Å². The number of fused-ring (bicyclic) bond motifs is 2. The average molecular weight is 650 g/mol. The summed E-state index contributed by atoms with van der Waals surface area (Å²) in [7, 11) is 0. The topological polar surface area (TPSA) is 128 Å². The number of piperazine rings is 1. The van der Waals surface area contributed by atoms with Gasteiger partial charge in [0.15, 0.2) is 0 Å². The van der Waals surface area contributed by atoms with Crippen molar-refractivity contribution in [2.75, 3.05) is 24.4 Å². The third kappa shape index (κ3) is 6.97. The quantitative estimate of drug-likeness (QED) is 0.201. The molecule has 2 fully saturated rings. The van der Waals surface area contributed by atoms with Crippen LogP contribution in [0, 0.1) is 12.3 Å². The van der Waals surface area contributed by atoms with Gasteiger partial charge < -0.3 is 24.4 Å². The van der Waals surface area contributed by atoms with E-state index in [1.807, 2.05) is 72.8 Å². The number of carbonyl (C=O) groups excluding carboxylic acids is 3. The van der Waals surface area contributed by atoms with Gasteiger partial charge in [0.25, 0.3) is 0 Å². The van der Waals surface area contributed by atoms with E-state index in [4.69, 9.17) is 6.42 Å². The van der Waals surface area contributed by atoms with E-state index < -0.39 is 29.5 Å². The van der Waals surface area contributed by atoms with Crippen LogP contribution >= 0.6 is 0 Å². The Morgan fingerprint density at radius 3 is 2.43 bits per heavy atom. The fraction of sp³-hybridized carbons (Fsp3) is 0.229. The lowest BCUT2D eigenvalue weighted by Crippen LogP contribution is -2.66. The first-order valence-electron chi connectivity index (χ1n) is 15.1. The summed E-state index contributed by atoms with van der Waals surface area (Å²) in [6.45, 7) is 0.535. The summed E-state index contributed by atoms with van der Waals surface area (Å²) >= 11 is -2.48. The molecule has 0 radical (unpaired) electrons. The van der Waals surface area contributed by atoms with E-state index in [0.29, 0.717) is 12.2 Å². The van der Waals surface area contributed by atoms with Gasteiger partial charge >= 0.3 is 6.03 Å². The predicted octanol–water partition coefficient (Wildman–Crippen LogP) is 3.23. The number of hydrogen-bond donors (Lipinski definition) is 2. The molecule has 3 atom stereocenters. The van der Waals surface area contributed by atoms with Crippen molar-refractivity contribution >= 4 is 45.6 Å². The molecule has 0 aromatic heterocycles. The Bertz CT molecular complexity index is 1840. The number of nitrogens with one attached hydrogen (secondary N) is 2. The lowest BCUT2D eigenvalue weighted by Gasteiger charge is -2.46. The number of urea groups is 1. The molecule has 4 aromatic carbocycles. The molecule has 47 heavy (non-hydrogen) atoms. The van der Waals surface area contributed by atoms with E-state index in [9.17, 15) is 23.1 Å². The minimum Gasteiger partial charge on any atom is -0.755 e. The molecule has 0 spiro atoms. The molecule has 2 aliphatic rings. The molecule has 1 unspecified atom stereocenters.